The number of aryl methyl sites for hydroxylation is 1. The second-order valence-electron chi connectivity index (χ2n) is 4.34. The Kier molecular flexibility index (Phi) is 4.13. The minimum absolute atomic E-state index is 0.0308. The van der Waals surface area contributed by atoms with E-state index in [4.69, 9.17) is 4.74 Å². The van der Waals surface area contributed by atoms with Gasteiger partial charge in [-0.1, -0.05) is 6.07 Å². The Hall–Kier alpha value is -2.23. The number of hydrogen-bond donors (Lipinski definition) is 0. The van der Waals surface area contributed by atoms with Crippen LogP contribution in [0.1, 0.15) is 16.7 Å². The van der Waals surface area contributed by atoms with Gasteiger partial charge in [0.25, 0.3) is 0 Å². The van der Waals surface area contributed by atoms with Gasteiger partial charge in [0.1, 0.15) is 11.6 Å². The second-order valence-corrected chi connectivity index (χ2v) is 4.34. The average molecular weight is 278 g/mol. The van der Waals surface area contributed by atoms with Crippen LogP contribution in [0.2, 0.25) is 0 Å². The van der Waals surface area contributed by atoms with E-state index in [1.165, 1.54) is 43.5 Å². The Morgan fingerprint density at radius 2 is 1.60 bits per heavy atom. The molecular weight excluding hydrogens is 265 g/mol. The molecule has 0 heterocycles. The number of benzene rings is 2. The molecule has 0 aromatic heterocycles. The van der Waals surface area contributed by atoms with Crippen LogP contribution < -0.4 is 4.74 Å². The minimum Gasteiger partial charge on any atom is -0.497 e. The fourth-order valence-corrected chi connectivity index (χ4v) is 1.78. The van der Waals surface area contributed by atoms with Crippen LogP contribution in [0.4, 0.5) is 13.2 Å². The van der Waals surface area contributed by atoms with Crippen LogP contribution in [0.25, 0.3) is 11.7 Å². The molecule has 0 saturated heterocycles. The topological polar surface area (TPSA) is 9.23 Å². The van der Waals surface area contributed by atoms with E-state index < -0.39 is 17.5 Å². The quantitative estimate of drug-likeness (QED) is 0.725. The fourth-order valence-electron chi connectivity index (χ4n) is 1.78. The van der Waals surface area contributed by atoms with Crippen molar-refractivity contribution in [3.63, 3.8) is 0 Å². The van der Waals surface area contributed by atoms with E-state index in [0.717, 1.165) is 6.07 Å². The zero-order chi connectivity index (χ0) is 14.7. The van der Waals surface area contributed by atoms with Gasteiger partial charge < -0.3 is 4.74 Å². The monoisotopic (exact) mass is 278 g/mol. The first-order chi connectivity index (χ1) is 9.52. The largest absolute Gasteiger partial charge is 0.497 e. The summed E-state index contributed by atoms with van der Waals surface area (Å²) in [5.74, 6) is -2.57. The molecule has 0 atom stereocenters. The number of methoxy groups -OCH3 is 1. The van der Waals surface area contributed by atoms with Gasteiger partial charge in [0.05, 0.1) is 7.11 Å². The lowest BCUT2D eigenvalue weighted by Crippen LogP contribution is -1.90. The first-order valence-corrected chi connectivity index (χ1v) is 5.99. The third-order valence-corrected chi connectivity index (χ3v) is 2.90. The molecule has 0 spiro atoms. The van der Waals surface area contributed by atoms with E-state index in [2.05, 4.69) is 0 Å². The van der Waals surface area contributed by atoms with Crippen LogP contribution >= 0.6 is 0 Å². The SMILES string of the molecule is COc1ccc(/C(F)=C(\F)c2ccc(C)cc2F)cc1. The van der Waals surface area contributed by atoms with Gasteiger partial charge in [0.2, 0.25) is 0 Å². The van der Waals surface area contributed by atoms with Crippen molar-refractivity contribution >= 4 is 11.7 Å². The normalized spacial score (nSPS) is 12.1. The molecule has 2 aromatic carbocycles. The van der Waals surface area contributed by atoms with Gasteiger partial charge in [-0.15, -0.1) is 0 Å². The summed E-state index contributed by atoms with van der Waals surface area (Å²) in [5, 5.41) is 0. The van der Waals surface area contributed by atoms with E-state index in [1.807, 2.05) is 0 Å². The molecule has 0 N–H and O–H groups in total. The average Bonchev–Trinajstić information content (AvgIpc) is 2.46. The maximum absolute atomic E-state index is 14.0. The van der Waals surface area contributed by atoms with E-state index in [0.29, 0.717) is 11.3 Å². The molecule has 0 unspecified atom stereocenters. The van der Waals surface area contributed by atoms with Gasteiger partial charge in [-0.2, -0.15) is 0 Å². The second kappa shape index (κ2) is 5.82. The molecule has 0 saturated carbocycles. The summed E-state index contributed by atoms with van der Waals surface area (Å²) in [7, 11) is 1.48. The van der Waals surface area contributed by atoms with Crippen molar-refractivity contribution in [1.29, 1.82) is 0 Å². The van der Waals surface area contributed by atoms with Crippen LogP contribution in [0.5, 0.6) is 5.75 Å². The Bertz CT molecular complexity index is 645. The molecule has 2 rings (SSSR count). The fraction of sp³-hybridized carbons (Fsp3) is 0.125. The lowest BCUT2D eigenvalue weighted by Gasteiger charge is -2.05. The molecule has 2 aromatic rings. The molecule has 0 radical (unpaired) electrons. The molecule has 0 amide bonds. The van der Waals surface area contributed by atoms with Crippen LogP contribution in [0, 0.1) is 12.7 Å². The predicted molar refractivity (Wildman–Crippen MR) is 73.2 cm³/mol. The highest BCUT2D eigenvalue weighted by molar-refractivity contribution is 5.83. The highest BCUT2D eigenvalue weighted by Crippen LogP contribution is 2.31. The van der Waals surface area contributed by atoms with Crippen LogP contribution in [-0.2, 0) is 0 Å². The maximum Gasteiger partial charge on any atom is 0.169 e. The van der Waals surface area contributed by atoms with Gasteiger partial charge >= 0.3 is 0 Å². The van der Waals surface area contributed by atoms with Crippen molar-refractivity contribution < 1.29 is 17.9 Å². The summed E-state index contributed by atoms with van der Waals surface area (Å²) in [5.41, 5.74) is 0.288. The van der Waals surface area contributed by atoms with Crippen LogP contribution in [-0.4, -0.2) is 7.11 Å². The molecule has 4 heteroatoms. The standard InChI is InChI=1S/C16H13F3O/c1-10-3-8-13(14(17)9-10)16(19)15(18)11-4-6-12(20-2)7-5-11/h3-9H,1-2H3/b16-15+. The number of halogens is 3. The maximum atomic E-state index is 14.0. The third-order valence-electron chi connectivity index (χ3n) is 2.90. The summed E-state index contributed by atoms with van der Waals surface area (Å²) in [4.78, 5) is 0. The van der Waals surface area contributed by atoms with Gasteiger partial charge in [-0.25, -0.2) is 13.2 Å². The van der Waals surface area contributed by atoms with Crippen molar-refractivity contribution in [3.8, 4) is 5.75 Å². The molecule has 20 heavy (non-hydrogen) atoms. The molecule has 104 valence electrons. The first-order valence-electron chi connectivity index (χ1n) is 5.99. The smallest absolute Gasteiger partial charge is 0.169 e. The van der Waals surface area contributed by atoms with Crippen molar-refractivity contribution in [1.82, 2.24) is 0 Å². The van der Waals surface area contributed by atoms with Crippen molar-refractivity contribution in [2.75, 3.05) is 7.11 Å². The number of hydrogen-bond acceptors (Lipinski definition) is 1. The molecular formula is C16H13F3O. The zero-order valence-corrected chi connectivity index (χ0v) is 11.1. The Morgan fingerprint density at radius 1 is 0.950 bits per heavy atom. The number of rotatable bonds is 3. The Morgan fingerprint density at radius 3 is 2.15 bits per heavy atom. The molecule has 0 aliphatic heterocycles. The molecule has 0 bridgehead atoms. The van der Waals surface area contributed by atoms with Crippen molar-refractivity contribution in [2.24, 2.45) is 0 Å². The Balaban J connectivity index is 2.43. The van der Waals surface area contributed by atoms with Crippen molar-refractivity contribution in [2.45, 2.75) is 6.92 Å². The summed E-state index contributed by atoms with van der Waals surface area (Å²) in [6, 6.07) is 9.68. The summed E-state index contributed by atoms with van der Waals surface area (Å²) >= 11 is 0. The summed E-state index contributed by atoms with van der Waals surface area (Å²) < 4.78 is 46.6. The van der Waals surface area contributed by atoms with Gasteiger partial charge in [-0.3, -0.25) is 0 Å². The summed E-state index contributed by atoms with van der Waals surface area (Å²) in [6.45, 7) is 1.67. The minimum atomic E-state index is -1.22. The Labute approximate surface area is 115 Å². The van der Waals surface area contributed by atoms with Gasteiger partial charge in [-0.05, 0) is 48.9 Å². The highest BCUT2D eigenvalue weighted by atomic mass is 19.2. The molecule has 0 aliphatic carbocycles. The van der Waals surface area contributed by atoms with Gasteiger partial charge in [0.15, 0.2) is 11.7 Å². The molecule has 0 aliphatic rings. The third kappa shape index (κ3) is 2.85. The van der Waals surface area contributed by atoms with Crippen LogP contribution in [0.15, 0.2) is 42.5 Å². The number of ether oxygens (including phenoxy) is 1. The first kappa shape index (κ1) is 14.2. The lowest BCUT2D eigenvalue weighted by molar-refractivity contribution is 0.414. The molecule has 1 nitrogen and oxygen atoms in total. The van der Waals surface area contributed by atoms with Crippen LogP contribution in [0.3, 0.4) is 0 Å². The van der Waals surface area contributed by atoms with E-state index in [-0.39, 0.29) is 11.1 Å². The van der Waals surface area contributed by atoms with E-state index in [1.54, 1.807) is 6.92 Å². The van der Waals surface area contributed by atoms with E-state index in [9.17, 15) is 13.2 Å². The molecule has 0 fully saturated rings. The van der Waals surface area contributed by atoms with Crippen molar-refractivity contribution in [3.05, 3.63) is 65.0 Å². The van der Waals surface area contributed by atoms with Gasteiger partial charge in [0, 0.05) is 11.1 Å². The van der Waals surface area contributed by atoms with E-state index >= 15 is 0 Å². The zero-order valence-electron chi connectivity index (χ0n) is 11.1. The highest BCUT2D eigenvalue weighted by Gasteiger charge is 2.15. The summed E-state index contributed by atoms with van der Waals surface area (Å²) in [6.07, 6.45) is 0. The predicted octanol–water partition coefficient (Wildman–Crippen LogP) is 4.91. The lowest BCUT2D eigenvalue weighted by atomic mass is 10.1.